The van der Waals surface area contributed by atoms with E-state index in [4.69, 9.17) is 21.1 Å². The minimum atomic E-state index is -0.228. The van der Waals surface area contributed by atoms with Crippen molar-refractivity contribution in [2.75, 3.05) is 32.2 Å². The van der Waals surface area contributed by atoms with Gasteiger partial charge in [-0.1, -0.05) is 17.7 Å². The number of aryl methyl sites for hydroxylation is 1. The van der Waals surface area contributed by atoms with Crippen LogP contribution in [0.5, 0.6) is 0 Å². The number of methoxy groups -OCH3 is 1. The summed E-state index contributed by atoms with van der Waals surface area (Å²) in [5.41, 5.74) is 1.64. The number of nitrogens with one attached hydrogen (secondary N) is 1. The van der Waals surface area contributed by atoms with E-state index in [0.717, 1.165) is 5.56 Å². The number of ether oxygens (including phenoxy) is 2. The summed E-state index contributed by atoms with van der Waals surface area (Å²) in [5.74, 6) is -0.228. The molecular weight excluding hydrogens is 242 g/mol. The average molecular weight is 258 g/mol. The number of carbonyl (C=O) groups excluding carboxylic acids is 1. The third-order valence-electron chi connectivity index (χ3n) is 2.06. The fraction of sp³-hybridized carbons (Fsp3) is 0.417. The van der Waals surface area contributed by atoms with Crippen LogP contribution >= 0.6 is 11.6 Å². The van der Waals surface area contributed by atoms with Gasteiger partial charge >= 0.3 is 0 Å². The van der Waals surface area contributed by atoms with Crippen molar-refractivity contribution in [3.05, 3.63) is 28.8 Å². The molecule has 4 nitrogen and oxygen atoms in total. The smallest absolute Gasteiger partial charge is 0.250 e. The van der Waals surface area contributed by atoms with Crippen molar-refractivity contribution in [2.45, 2.75) is 6.92 Å². The molecule has 1 aromatic rings. The van der Waals surface area contributed by atoms with Crippen LogP contribution < -0.4 is 5.32 Å². The number of hydrogen-bond acceptors (Lipinski definition) is 3. The van der Waals surface area contributed by atoms with Gasteiger partial charge in [-0.25, -0.2) is 0 Å². The summed E-state index contributed by atoms with van der Waals surface area (Å²) < 4.78 is 9.90. The fourth-order valence-corrected chi connectivity index (χ4v) is 1.39. The van der Waals surface area contributed by atoms with E-state index in [1.807, 2.05) is 19.1 Å². The molecule has 0 saturated carbocycles. The van der Waals surface area contributed by atoms with Crippen LogP contribution in [0.4, 0.5) is 5.69 Å². The Balaban J connectivity index is 2.42. The van der Waals surface area contributed by atoms with Gasteiger partial charge in [-0.3, -0.25) is 4.79 Å². The predicted molar refractivity (Wildman–Crippen MR) is 67.5 cm³/mol. The van der Waals surface area contributed by atoms with E-state index < -0.39 is 0 Å². The Morgan fingerprint density at radius 2 is 2.18 bits per heavy atom. The summed E-state index contributed by atoms with van der Waals surface area (Å²) in [5, 5.41) is 3.21. The molecule has 0 aliphatic carbocycles. The zero-order chi connectivity index (χ0) is 12.7. The Morgan fingerprint density at radius 3 is 2.88 bits per heavy atom. The molecule has 0 aromatic heterocycles. The molecule has 0 bridgehead atoms. The molecule has 0 unspecified atom stereocenters. The molecular formula is C12H16ClNO3. The van der Waals surface area contributed by atoms with Gasteiger partial charge in [0.1, 0.15) is 6.61 Å². The second-order valence-electron chi connectivity index (χ2n) is 3.58. The number of rotatable bonds is 6. The summed E-state index contributed by atoms with van der Waals surface area (Å²) in [4.78, 5) is 11.5. The molecule has 0 fully saturated rings. The molecule has 0 saturated heterocycles. The van der Waals surface area contributed by atoms with E-state index in [9.17, 15) is 4.79 Å². The maximum absolute atomic E-state index is 11.5. The lowest BCUT2D eigenvalue weighted by Crippen LogP contribution is -2.19. The lowest BCUT2D eigenvalue weighted by atomic mass is 10.2. The third kappa shape index (κ3) is 5.17. The summed E-state index contributed by atoms with van der Waals surface area (Å²) in [7, 11) is 1.58. The molecule has 1 rings (SSSR count). The minimum Gasteiger partial charge on any atom is -0.382 e. The number of amides is 1. The lowest BCUT2D eigenvalue weighted by Gasteiger charge is -2.08. The molecule has 0 aliphatic rings. The molecule has 17 heavy (non-hydrogen) atoms. The van der Waals surface area contributed by atoms with E-state index >= 15 is 0 Å². The third-order valence-corrected chi connectivity index (χ3v) is 2.39. The molecule has 1 N–H and O–H groups in total. The quantitative estimate of drug-likeness (QED) is 0.795. The first kappa shape index (κ1) is 14.0. The second-order valence-corrected chi connectivity index (χ2v) is 3.98. The van der Waals surface area contributed by atoms with E-state index in [1.54, 1.807) is 13.2 Å². The van der Waals surface area contributed by atoms with Crippen molar-refractivity contribution < 1.29 is 14.3 Å². The normalized spacial score (nSPS) is 10.3. The lowest BCUT2D eigenvalue weighted by molar-refractivity contribution is -0.121. The summed E-state index contributed by atoms with van der Waals surface area (Å²) in [6.07, 6.45) is 0. The molecule has 1 amide bonds. The van der Waals surface area contributed by atoms with Crippen LogP contribution in [0.25, 0.3) is 0 Å². The highest BCUT2D eigenvalue weighted by Crippen LogP contribution is 2.22. The van der Waals surface area contributed by atoms with Crippen molar-refractivity contribution in [1.82, 2.24) is 0 Å². The number of benzene rings is 1. The van der Waals surface area contributed by atoms with Crippen molar-refractivity contribution in [1.29, 1.82) is 0 Å². The number of hydrogen-bond donors (Lipinski definition) is 1. The van der Waals surface area contributed by atoms with Crippen LogP contribution in [0.3, 0.4) is 0 Å². The van der Waals surface area contributed by atoms with Gasteiger partial charge in [0.25, 0.3) is 0 Å². The maximum Gasteiger partial charge on any atom is 0.250 e. The average Bonchev–Trinajstić information content (AvgIpc) is 2.29. The maximum atomic E-state index is 11.5. The molecule has 94 valence electrons. The Labute approximate surface area is 106 Å². The first-order valence-electron chi connectivity index (χ1n) is 5.26. The Bertz CT molecular complexity index is 382. The minimum absolute atomic E-state index is 0.00632. The number of anilines is 1. The highest BCUT2D eigenvalue weighted by Gasteiger charge is 2.05. The van der Waals surface area contributed by atoms with Gasteiger partial charge in [0, 0.05) is 7.11 Å². The fourth-order valence-electron chi connectivity index (χ4n) is 1.23. The number of carbonyl (C=O) groups is 1. The highest BCUT2D eigenvalue weighted by molar-refractivity contribution is 6.33. The molecule has 1 aromatic carbocycles. The number of halogens is 1. The van der Waals surface area contributed by atoms with Gasteiger partial charge in [-0.15, -0.1) is 0 Å². The Morgan fingerprint density at radius 1 is 1.41 bits per heavy atom. The first-order valence-corrected chi connectivity index (χ1v) is 5.64. The van der Waals surface area contributed by atoms with Crippen LogP contribution in [0.2, 0.25) is 5.02 Å². The molecule has 0 radical (unpaired) electrons. The van der Waals surface area contributed by atoms with E-state index in [0.29, 0.717) is 23.9 Å². The van der Waals surface area contributed by atoms with Gasteiger partial charge in [0.15, 0.2) is 0 Å². The summed E-state index contributed by atoms with van der Waals surface area (Å²) in [6, 6.07) is 5.45. The van der Waals surface area contributed by atoms with Gasteiger partial charge in [-0.2, -0.15) is 0 Å². The molecule has 5 heteroatoms. The molecule has 0 aliphatic heterocycles. The zero-order valence-corrected chi connectivity index (χ0v) is 10.7. The van der Waals surface area contributed by atoms with E-state index in [-0.39, 0.29) is 12.5 Å². The van der Waals surface area contributed by atoms with E-state index in [1.165, 1.54) is 0 Å². The van der Waals surface area contributed by atoms with Crippen molar-refractivity contribution in [3.63, 3.8) is 0 Å². The van der Waals surface area contributed by atoms with Crippen molar-refractivity contribution in [2.24, 2.45) is 0 Å². The molecule has 0 atom stereocenters. The van der Waals surface area contributed by atoms with Crippen LogP contribution in [0, 0.1) is 6.92 Å². The van der Waals surface area contributed by atoms with Crippen LogP contribution in [-0.2, 0) is 14.3 Å². The largest absolute Gasteiger partial charge is 0.382 e. The van der Waals surface area contributed by atoms with Gasteiger partial charge < -0.3 is 14.8 Å². The Hall–Kier alpha value is -1.10. The predicted octanol–water partition coefficient (Wildman–Crippen LogP) is 2.25. The monoisotopic (exact) mass is 257 g/mol. The highest BCUT2D eigenvalue weighted by atomic mass is 35.5. The van der Waals surface area contributed by atoms with Gasteiger partial charge in [0.2, 0.25) is 5.91 Å². The van der Waals surface area contributed by atoms with E-state index in [2.05, 4.69) is 5.32 Å². The van der Waals surface area contributed by atoms with Crippen LogP contribution in [0.1, 0.15) is 5.56 Å². The zero-order valence-electron chi connectivity index (χ0n) is 9.96. The van der Waals surface area contributed by atoms with Crippen LogP contribution in [-0.4, -0.2) is 32.8 Å². The topological polar surface area (TPSA) is 47.6 Å². The SMILES string of the molecule is COCCOCC(=O)Nc1cc(C)ccc1Cl. The first-order chi connectivity index (χ1) is 8.13. The molecule has 0 heterocycles. The van der Waals surface area contributed by atoms with Gasteiger partial charge in [0.05, 0.1) is 23.9 Å². The second kappa shape index (κ2) is 7.27. The molecule has 0 spiro atoms. The summed E-state index contributed by atoms with van der Waals surface area (Å²) in [6.45, 7) is 2.79. The summed E-state index contributed by atoms with van der Waals surface area (Å²) >= 11 is 5.95. The Kier molecular flexibility index (Phi) is 5.97. The van der Waals surface area contributed by atoms with Gasteiger partial charge in [-0.05, 0) is 24.6 Å². The van der Waals surface area contributed by atoms with Crippen LogP contribution in [0.15, 0.2) is 18.2 Å². The standard InChI is InChI=1S/C12H16ClNO3/c1-9-3-4-10(13)11(7-9)14-12(15)8-17-6-5-16-2/h3-4,7H,5-6,8H2,1-2H3,(H,14,15). The van der Waals surface area contributed by atoms with Crippen molar-refractivity contribution >= 4 is 23.2 Å². The van der Waals surface area contributed by atoms with Crippen molar-refractivity contribution in [3.8, 4) is 0 Å².